The van der Waals surface area contributed by atoms with Gasteiger partial charge in [0.2, 0.25) is 5.91 Å². The summed E-state index contributed by atoms with van der Waals surface area (Å²) in [6.07, 6.45) is 6.80. The van der Waals surface area contributed by atoms with E-state index in [0.717, 1.165) is 71.6 Å². The maximum atomic E-state index is 13.1. The van der Waals surface area contributed by atoms with E-state index in [1.165, 1.54) is 30.9 Å². The molecule has 142 valence electrons. The minimum absolute atomic E-state index is 0.0867. The molecule has 0 aliphatic carbocycles. The number of hydrogen-bond acceptors (Lipinski definition) is 5. The maximum Gasteiger partial charge on any atom is 0.241 e. The van der Waals surface area contributed by atoms with Crippen molar-refractivity contribution in [2.75, 3.05) is 45.8 Å². The zero-order valence-electron chi connectivity index (χ0n) is 15.6. The molecule has 1 amide bonds. The highest BCUT2D eigenvalue weighted by atomic mass is 16.2. The van der Waals surface area contributed by atoms with Gasteiger partial charge in [0, 0.05) is 58.2 Å². The molecule has 0 aromatic carbocycles. The number of aryl methyl sites for hydroxylation is 1. The molecular weight excluding hydrogens is 328 g/mol. The second-order valence-electron chi connectivity index (χ2n) is 8.39. The Bertz CT molecular complexity index is 661. The molecule has 7 heteroatoms. The average Bonchev–Trinajstić information content (AvgIpc) is 2.85. The van der Waals surface area contributed by atoms with E-state index in [9.17, 15) is 4.79 Å². The van der Waals surface area contributed by atoms with E-state index in [4.69, 9.17) is 0 Å². The van der Waals surface area contributed by atoms with Crippen LogP contribution in [0.3, 0.4) is 0 Å². The first-order valence-corrected chi connectivity index (χ1v) is 10.5. The summed E-state index contributed by atoms with van der Waals surface area (Å²) in [5, 5.41) is 8.94. The third-order valence-electron chi connectivity index (χ3n) is 6.84. The van der Waals surface area contributed by atoms with Crippen molar-refractivity contribution in [2.45, 2.75) is 57.0 Å². The van der Waals surface area contributed by atoms with E-state index >= 15 is 0 Å². The van der Waals surface area contributed by atoms with Crippen LogP contribution in [0.15, 0.2) is 0 Å². The van der Waals surface area contributed by atoms with Crippen molar-refractivity contribution in [3.63, 3.8) is 0 Å². The smallest absolute Gasteiger partial charge is 0.241 e. The predicted octanol–water partition coefficient (Wildman–Crippen LogP) is 0.710. The van der Waals surface area contributed by atoms with Gasteiger partial charge in [-0.2, -0.15) is 0 Å². The van der Waals surface area contributed by atoms with Crippen LogP contribution >= 0.6 is 0 Å². The van der Waals surface area contributed by atoms with Crippen molar-refractivity contribution in [3.05, 3.63) is 11.6 Å². The van der Waals surface area contributed by atoms with E-state index in [2.05, 4.69) is 29.5 Å². The standard InChI is InChI=1S/C19H30N6O/c26-19(16-14-22-7-3-8-23(16)13-12-22)24-10-5-15(6-11-24)18-21-20-17-4-1-2-9-25(17)18/h15-16H,1-14H2. The van der Waals surface area contributed by atoms with Crippen LogP contribution in [0.4, 0.5) is 0 Å². The number of likely N-dealkylation sites (tertiary alicyclic amines) is 1. The van der Waals surface area contributed by atoms with E-state index in [0.29, 0.717) is 11.8 Å². The van der Waals surface area contributed by atoms with Gasteiger partial charge in [-0.25, -0.2) is 0 Å². The summed E-state index contributed by atoms with van der Waals surface area (Å²) >= 11 is 0. The van der Waals surface area contributed by atoms with E-state index in [-0.39, 0.29) is 6.04 Å². The van der Waals surface area contributed by atoms with Crippen LogP contribution in [-0.2, 0) is 17.8 Å². The first kappa shape index (κ1) is 16.7. The molecule has 6 rings (SSSR count). The summed E-state index contributed by atoms with van der Waals surface area (Å²) in [7, 11) is 0. The molecule has 4 fully saturated rings. The molecule has 0 radical (unpaired) electrons. The van der Waals surface area contributed by atoms with E-state index in [1.807, 2.05) is 0 Å². The number of rotatable bonds is 2. The quantitative estimate of drug-likeness (QED) is 0.779. The van der Waals surface area contributed by atoms with E-state index < -0.39 is 0 Å². The Labute approximate surface area is 155 Å². The molecule has 3 atom stereocenters. The van der Waals surface area contributed by atoms with Gasteiger partial charge in [0.05, 0.1) is 0 Å². The molecule has 5 aliphatic rings. The molecule has 4 saturated heterocycles. The Morgan fingerprint density at radius 1 is 0.885 bits per heavy atom. The SMILES string of the molecule is O=C(C1CN2CCCN1CC2)N1CCC(c2nnc3n2CCCC3)CC1. The molecule has 5 aliphatic heterocycles. The number of nitrogens with zero attached hydrogens (tertiary/aromatic N) is 6. The lowest BCUT2D eigenvalue weighted by Gasteiger charge is -2.41. The number of piperazine rings is 1. The average molecular weight is 358 g/mol. The topological polar surface area (TPSA) is 57.5 Å². The number of carbonyl (C=O) groups is 1. The molecule has 2 bridgehead atoms. The molecular formula is C19H30N6O. The van der Waals surface area contributed by atoms with Crippen LogP contribution in [0.25, 0.3) is 0 Å². The second-order valence-corrected chi connectivity index (χ2v) is 8.39. The molecule has 0 saturated carbocycles. The minimum Gasteiger partial charge on any atom is -0.341 e. The highest BCUT2D eigenvalue weighted by molar-refractivity contribution is 5.82. The zero-order chi connectivity index (χ0) is 17.5. The highest BCUT2D eigenvalue weighted by Gasteiger charge is 2.38. The number of aromatic nitrogens is 3. The van der Waals surface area contributed by atoms with Gasteiger partial charge in [-0.3, -0.25) is 14.6 Å². The third-order valence-corrected chi connectivity index (χ3v) is 6.84. The van der Waals surface area contributed by atoms with Crippen molar-refractivity contribution in [1.82, 2.24) is 29.5 Å². The van der Waals surface area contributed by atoms with Gasteiger partial charge in [-0.15, -0.1) is 10.2 Å². The van der Waals surface area contributed by atoms with Crippen LogP contribution in [0, 0.1) is 0 Å². The van der Waals surface area contributed by atoms with Crippen LogP contribution in [-0.4, -0.2) is 87.2 Å². The maximum absolute atomic E-state index is 13.1. The van der Waals surface area contributed by atoms with Crippen molar-refractivity contribution in [1.29, 1.82) is 0 Å². The van der Waals surface area contributed by atoms with Gasteiger partial charge in [0.1, 0.15) is 17.7 Å². The zero-order valence-corrected chi connectivity index (χ0v) is 15.6. The monoisotopic (exact) mass is 358 g/mol. The summed E-state index contributed by atoms with van der Waals surface area (Å²) in [5.41, 5.74) is 0. The fourth-order valence-electron chi connectivity index (χ4n) is 5.28. The predicted molar refractivity (Wildman–Crippen MR) is 97.9 cm³/mol. The summed E-state index contributed by atoms with van der Waals surface area (Å²) in [6, 6.07) is 0.0867. The Morgan fingerprint density at radius 3 is 2.65 bits per heavy atom. The first-order valence-electron chi connectivity index (χ1n) is 10.5. The highest BCUT2D eigenvalue weighted by Crippen LogP contribution is 2.30. The molecule has 1 aromatic heterocycles. The summed E-state index contributed by atoms with van der Waals surface area (Å²) in [4.78, 5) is 20.2. The van der Waals surface area contributed by atoms with Crippen LogP contribution in [0.1, 0.15) is 49.7 Å². The van der Waals surface area contributed by atoms with Crippen molar-refractivity contribution >= 4 is 5.91 Å². The fraction of sp³-hybridized carbons (Fsp3) is 0.842. The molecule has 3 unspecified atom stereocenters. The van der Waals surface area contributed by atoms with Gasteiger partial charge in [-0.05, 0) is 38.6 Å². The number of piperidine rings is 1. The summed E-state index contributed by atoms with van der Waals surface area (Å²) in [5.74, 6) is 3.17. The molecule has 1 aromatic rings. The fourth-order valence-corrected chi connectivity index (χ4v) is 5.28. The van der Waals surface area contributed by atoms with Gasteiger partial charge in [0.15, 0.2) is 0 Å². The van der Waals surface area contributed by atoms with Gasteiger partial charge >= 0.3 is 0 Å². The lowest BCUT2D eigenvalue weighted by molar-refractivity contribution is -0.139. The normalized spacial score (nSPS) is 32.3. The van der Waals surface area contributed by atoms with Crippen molar-refractivity contribution < 1.29 is 4.79 Å². The Hall–Kier alpha value is -1.47. The largest absolute Gasteiger partial charge is 0.341 e. The Balaban J connectivity index is 1.23. The molecule has 6 heterocycles. The summed E-state index contributed by atoms with van der Waals surface area (Å²) in [6.45, 7) is 8.16. The third kappa shape index (κ3) is 2.95. The minimum atomic E-state index is 0.0867. The lowest BCUT2D eigenvalue weighted by Crippen LogP contribution is -2.58. The Kier molecular flexibility index (Phi) is 4.44. The number of fused-ring (bicyclic) bond motifs is 5. The van der Waals surface area contributed by atoms with Gasteiger partial charge < -0.3 is 9.47 Å². The molecule has 0 spiro atoms. The number of carbonyl (C=O) groups excluding carboxylic acids is 1. The van der Waals surface area contributed by atoms with Crippen molar-refractivity contribution in [3.8, 4) is 0 Å². The summed E-state index contributed by atoms with van der Waals surface area (Å²) < 4.78 is 2.36. The lowest BCUT2D eigenvalue weighted by atomic mass is 9.94. The number of hydrogen-bond donors (Lipinski definition) is 0. The van der Waals surface area contributed by atoms with Gasteiger partial charge in [0.25, 0.3) is 0 Å². The van der Waals surface area contributed by atoms with Crippen LogP contribution in [0.5, 0.6) is 0 Å². The second kappa shape index (κ2) is 6.93. The van der Waals surface area contributed by atoms with Crippen molar-refractivity contribution in [2.24, 2.45) is 0 Å². The molecule has 7 nitrogen and oxygen atoms in total. The number of amides is 1. The molecule has 26 heavy (non-hydrogen) atoms. The van der Waals surface area contributed by atoms with E-state index in [1.54, 1.807) is 0 Å². The van der Waals surface area contributed by atoms with Crippen LogP contribution < -0.4 is 0 Å². The van der Waals surface area contributed by atoms with Gasteiger partial charge in [-0.1, -0.05) is 0 Å². The Morgan fingerprint density at radius 2 is 1.77 bits per heavy atom. The molecule has 0 N–H and O–H groups in total. The van der Waals surface area contributed by atoms with Crippen LogP contribution in [0.2, 0.25) is 0 Å². The first-order chi connectivity index (χ1) is 12.8.